The van der Waals surface area contributed by atoms with Crippen LogP contribution in [0, 0.1) is 0 Å². The minimum absolute atomic E-state index is 0.180. The normalized spacial score (nSPS) is 17.4. The van der Waals surface area contributed by atoms with Gasteiger partial charge in [-0.2, -0.15) is 0 Å². The second-order valence-electron chi connectivity index (χ2n) is 8.13. The average molecular weight is 496 g/mol. The van der Waals surface area contributed by atoms with E-state index in [4.69, 9.17) is 19.2 Å². The van der Waals surface area contributed by atoms with E-state index in [2.05, 4.69) is 10.2 Å². The van der Waals surface area contributed by atoms with E-state index in [1.54, 1.807) is 50.2 Å². The Balaban J connectivity index is 1.58. The summed E-state index contributed by atoms with van der Waals surface area (Å²) in [7, 11) is 3.13. The molecule has 0 unspecified atom stereocenters. The summed E-state index contributed by atoms with van der Waals surface area (Å²) in [5, 5.41) is 3.84. The van der Waals surface area contributed by atoms with Gasteiger partial charge in [-0.15, -0.1) is 0 Å². The van der Waals surface area contributed by atoms with Crippen molar-refractivity contribution in [3.63, 3.8) is 0 Å². The molecule has 1 atom stereocenters. The number of anilines is 1. The van der Waals surface area contributed by atoms with Crippen LogP contribution in [0.25, 0.3) is 0 Å². The van der Waals surface area contributed by atoms with Crippen molar-refractivity contribution in [1.29, 1.82) is 0 Å². The van der Waals surface area contributed by atoms with Crippen LogP contribution in [0.4, 0.5) is 5.69 Å². The van der Waals surface area contributed by atoms with Crippen molar-refractivity contribution in [1.82, 2.24) is 4.90 Å². The molecule has 0 aliphatic carbocycles. The van der Waals surface area contributed by atoms with Crippen LogP contribution in [0.15, 0.2) is 64.8 Å². The number of methoxy groups -OCH3 is 2. The molecule has 35 heavy (non-hydrogen) atoms. The van der Waals surface area contributed by atoms with Gasteiger partial charge in [0.1, 0.15) is 12.4 Å². The molecule has 0 saturated carbocycles. The molecule has 2 heterocycles. The number of amidine groups is 1. The number of rotatable bonds is 8. The third kappa shape index (κ3) is 5.68. The van der Waals surface area contributed by atoms with Crippen LogP contribution in [-0.4, -0.2) is 61.7 Å². The molecular formula is C26H29N3O5S. The summed E-state index contributed by atoms with van der Waals surface area (Å²) in [6.07, 6.45) is 1.000. The van der Waals surface area contributed by atoms with Gasteiger partial charge in [0.2, 0.25) is 0 Å². The SMILES string of the molecule is COCCOC(=O)C1=C(C)N=C2SCCCN2[C@@H]1c1ccc(NC(=O)c2cccc(OC)c2)cc1. The first kappa shape index (κ1) is 24.8. The fraction of sp³-hybridized carbons (Fsp3) is 0.346. The summed E-state index contributed by atoms with van der Waals surface area (Å²) in [5.41, 5.74) is 3.28. The molecule has 4 rings (SSSR count). The molecule has 2 aliphatic rings. The van der Waals surface area contributed by atoms with Crippen LogP contribution in [0.5, 0.6) is 5.75 Å². The molecule has 184 valence electrons. The Morgan fingerprint density at radius 2 is 1.94 bits per heavy atom. The van der Waals surface area contributed by atoms with Gasteiger partial charge in [0.15, 0.2) is 5.17 Å². The van der Waals surface area contributed by atoms with Gasteiger partial charge in [-0.3, -0.25) is 4.79 Å². The predicted molar refractivity (Wildman–Crippen MR) is 137 cm³/mol. The lowest BCUT2D eigenvalue weighted by molar-refractivity contribution is -0.141. The molecule has 9 heteroatoms. The van der Waals surface area contributed by atoms with Gasteiger partial charge in [0.05, 0.1) is 31.0 Å². The van der Waals surface area contributed by atoms with Crippen LogP contribution >= 0.6 is 11.8 Å². The molecule has 2 aliphatic heterocycles. The monoisotopic (exact) mass is 495 g/mol. The van der Waals surface area contributed by atoms with Gasteiger partial charge in [-0.05, 0) is 49.2 Å². The van der Waals surface area contributed by atoms with Crippen LogP contribution in [-0.2, 0) is 14.3 Å². The lowest BCUT2D eigenvalue weighted by atomic mass is 9.94. The molecule has 2 aromatic carbocycles. The Morgan fingerprint density at radius 1 is 1.14 bits per heavy atom. The Labute approximate surface area is 209 Å². The van der Waals surface area contributed by atoms with Gasteiger partial charge in [-0.25, -0.2) is 9.79 Å². The van der Waals surface area contributed by atoms with Gasteiger partial charge >= 0.3 is 5.97 Å². The molecule has 0 radical (unpaired) electrons. The average Bonchev–Trinajstić information content (AvgIpc) is 2.88. The van der Waals surface area contributed by atoms with E-state index in [9.17, 15) is 9.59 Å². The van der Waals surface area contributed by atoms with Gasteiger partial charge in [-0.1, -0.05) is 30.0 Å². The quantitative estimate of drug-likeness (QED) is 0.432. The topological polar surface area (TPSA) is 89.5 Å². The fourth-order valence-electron chi connectivity index (χ4n) is 4.09. The van der Waals surface area contributed by atoms with Crippen molar-refractivity contribution in [3.05, 3.63) is 70.9 Å². The van der Waals surface area contributed by atoms with E-state index >= 15 is 0 Å². The van der Waals surface area contributed by atoms with Crippen molar-refractivity contribution >= 4 is 34.5 Å². The van der Waals surface area contributed by atoms with Crippen LogP contribution in [0.3, 0.4) is 0 Å². The summed E-state index contributed by atoms with van der Waals surface area (Å²) >= 11 is 1.70. The minimum Gasteiger partial charge on any atom is -0.497 e. The van der Waals surface area contributed by atoms with E-state index < -0.39 is 5.97 Å². The summed E-state index contributed by atoms with van der Waals surface area (Å²) in [4.78, 5) is 32.6. The van der Waals surface area contributed by atoms with E-state index in [0.717, 1.165) is 29.4 Å². The Hall–Kier alpha value is -3.30. The number of carbonyl (C=O) groups is 2. The minimum atomic E-state index is -0.390. The van der Waals surface area contributed by atoms with Crippen molar-refractivity contribution < 1.29 is 23.8 Å². The number of thioether (sulfide) groups is 1. The molecule has 0 aromatic heterocycles. The zero-order valence-corrected chi connectivity index (χ0v) is 20.9. The maximum Gasteiger partial charge on any atom is 0.338 e. The lowest BCUT2D eigenvalue weighted by Gasteiger charge is -2.40. The highest BCUT2D eigenvalue weighted by molar-refractivity contribution is 8.13. The number of esters is 1. The van der Waals surface area contributed by atoms with Crippen molar-refractivity contribution in [2.24, 2.45) is 4.99 Å². The number of carbonyl (C=O) groups excluding carboxylic acids is 2. The largest absolute Gasteiger partial charge is 0.497 e. The number of nitrogens with one attached hydrogen (secondary N) is 1. The maximum absolute atomic E-state index is 13.1. The first-order chi connectivity index (χ1) is 17.0. The van der Waals surface area contributed by atoms with E-state index in [1.165, 1.54) is 0 Å². The maximum atomic E-state index is 13.1. The van der Waals surface area contributed by atoms with Crippen molar-refractivity contribution in [2.45, 2.75) is 19.4 Å². The molecule has 1 amide bonds. The third-order valence-electron chi connectivity index (χ3n) is 5.82. The number of ether oxygens (including phenoxy) is 3. The molecule has 0 spiro atoms. The number of aliphatic imine (C=N–C) groups is 1. The summed E-state index contributed by atoms with van der Waals surface area (Å²) in [6, 6.07) is 14.2. The molecule has 8 nitrogen and oxygen atoms in total. The highest BCUT2D eigenvalue weighted by Crippen LogP contribution is 2.40. The van der Waals surface area contributed by atoms with Crippen LogP contribution < -0.4 is 10.1 Å². The zero-order chi connectivity index (χ0) is 24.8. The molecule has 1 N–H and O–H groups in total. The highest BCUT2D eigenvalue weighted by atomic mass is 32.2. The number of hydrogen-bond acceptors (Lipinski definition) is 8. The number of hydrogen-bond donors (Lipinski definition) is 1. The number of amides is 1. The highest BCUT2D eigenvalue weighted by Gasteiger charge is 2.37. The Morgan fingerprint density at radius 3 is 2.69 bits per heavy atom. The Bertz CT molecular complexity index is 1150. The van der Waals surface area contributed by atoms with E-state index in [-0.39, 0.29) is 18.6 Å². The van der Waals surface area contributed by atoms with Crippen molar-refractivity contribution in [3.8, 4) is 5.75 Å². The predicted octanol–water partition coefficient (Wildman–Crippen LogP) is 4.26. The number of allylic oxidation sites excluding steroid dienone is 1. The summed E-state index contributed by atoms with van der Waals surface area (Å²) in [5.74, 6) is 1.000. The van der Waals surface area contributed by atoms with Gasteiger partial charge in [0, 0.05) is 30.7 Å². The lowest BCUT2D eigenvalue weighted by Crippen LogP contribution is -2.42. The standard InChI is InChI=1S/C26H29N3O5S/c1-17-22(25(31)34-14-13-32-2)23(29-12-5-15-35-26(29)27-17)18-8-10-20(11-9-18)28-24(30)19-6-4-7-21(16-19)33-3/h4,6-11,16,23H,5,12-15H2,1-3H3,(H,28,30)/t23-/m1/s1. The third-order valence-corrected chi connectivity index (χ3v) is 6.89. The second kappa shape index (κ2) is 11.4. The van der Waals surface area contributed by atoms with Gasteiger partial charge in [0.25, 0.3) is 5.91 Å². The fourth-order valence-corrected chi connectivity index (χ4v) is 5.11. The molecular weight excluding hydrogens is 466 g/mol. The number of nitrogens with zero attached hydrogens (tertiary/aromatic N) is 2. The van der Waals surface area contributed by atoms with Crippen LogP contribution in [0.1, 0.15) is 35.3 Å². The molecule has 1 fully saturated rings. The van der Waals surface area contributed by atoms with E-state index in [0.29, 0.717) is 34.9 Å². The van der Waals surface area contributed by atoms with E-state index in [1.807, 2.05) is 31.2 Å². The smallest absolute Gasteiger partial charge is 0.338 e. The zero-order valence-electron chi connectivity index (χ0n) is 20.1. The van der Waals surface area contributed by atoms with Crippen LogP contribution in [0.2, 0.25) is 0 Å². The first-order valence-corrected chi connectivity index (χ1v) is 12.4. The van der Waals surface area contributed by atoms with Crippen molar-refractivity contribution in [2.75, 3.05) is 45.0 Å². The van der Waals surface area contributed by atoms with Gasteiger partial charge < -0.3 is 24.4 Å². The Kier molecular flexibility index (Phi) is 8.09. The molecule has 0 bridgehead atoms. The number of fused-ring (bicyclic) bond motifs is 1. The second-order valence-corrected chi connectivity index (χ2v) is 9.19. The summed E-state index contributed by atoms with van der Waals surface area (Å²) in [6.45, 7) is 3.16. The number of benzene rings is 2. The molecule has 1 saturated heterocycles. The summed E-state index contributed by atoms with van der Waals surface area (Å²) < 4.78 is 15.7. The first-order valence-electron chi connectivity index (χ1n) is 11.4. The molecule has 2 aromatic rings.